The van der Waals surface area contributed by atoms with Crippen LogP contribution in [0.25, 0.3) is 16.6 Å². The standard InChI is InChI=1S/C26H31N7O2/c1-16-14-33-24(32-10-8-19(9-11-32)28-18-4-5-18)7-6-20(25(33)27-16)26(34)29-22-12-17-15-31(2)30-21(17)13-23(22)35-3/h6-7,12-15,18-19,28H,4-5,8-11H2,1-3H3,(H,29,34). The second-order valence-electron chi connectivity index (χ2n) is 9.75. The lowest BCUT2D eigenvalue weighted by Gasteiger charge is -2.34. The van der Waals surface area contributed by atoms with Crippen molar-refractivity contribution in [3.63, 3.8) is 0 Å². The number of fused-ring (bicyclic) bond motifs is 2. The third kappa shape index (κ3) is 4.20. The third-order valence-electron chi connectivity index (χ3n) is 7.01. The number of anilines is 2. The van der Waals surface area contributed by atoms with Gasteiger partial charge in [-0.1, -0.05) is 0 Å². The minimum Gasteiger partial charge on any atom is -0.494 e. The van der Waals surface area contributed by atoms with E-state index in [0.717, 1.165) is 54.4 Å². The van der Waals surface area contributed by atoms with Crippen LogP contribution in [0, 0.1) is 6.92 Å². The highest BCUT2D eigenvalue weighted by Gasteiger charge is 2.28. The van der Waals surface area contributed by atoms with Crippen LogP contribution in [0.1, 0.15) is 41.7 Å². The number of rotatable bonds is 6. The molecule has 9 heteroatoms. The molecule has 0 atom stereocenters. The van der Waals surface area contributed by atoms with Crippen molar-refractivity contribution < 1.29 is 9.53 Å². The molecule has 2 aliphatic rings. The fraction of sp³-hybridized carbons (Fsp3) is 0.423. The SMILES string of the molecule is COc1cc2nn(C)cc2cc1NC(=O)c1ccc(N2CCC(NC3CC3)CC2)n2cc(C)nc12. The maximum atomic E-state index is 13.4. The van der Waals surface area contributed by atoms with Crippen LogP contribution in [0.4, 0.5) is 11.5 Å². The Morgan fingerprint density at radius 2 is 1.86 bits per heavy atom. The van der Waals surface area contributed by atoms with E-state index in [-0.39, 0.29) is 5.91 Å². The second-order valence-corrected chi connectivity index (χ2v) is 9.75. The topological polar surface area (TPSA) is 88.7 Å². The molecule has 0 spiro atoms. The quantitative estimate of drug-likeness (QED) is 0.446. The van der Waals surface area contributed by atoms with Gasteiger partial charge in [0.2, 0.25) is 0 Å². The number of piperidine rings is 1. The number of carbonyl (C=O) groups excluding carboxylic acids is 1. The molecule has 0 bridgehead atoms. The number of hydrogen-bond donors (Lipinski definition) is 2. The number of ether oxygens (including phenoxy) is 1. The highest BCUT2D eigenvalue weighted by atomic mass is 16.5. The predicted molar refractivity (Wildman–Crippen MR) is 137 cm³/mol. The number of imidazole rings is 1. The molecule has 3 aromatic heterocycles. The number of pyridine rings is 1. The molecule has 4 aromatic rings. The van der Waals surface area contributed by atoms with Gasteiger partial charge in [-0.3, -0.25) is 13.9 Å². The van der Waals surface area contributed by atoms with E-state index in [1.165, 1.54) is 12.8 Å². The molecular weight excluding hydrogens is 442 g/mol. The molecule has 6 rings (SSSR count). The normalized spacial score (nSPS) is 16.8. The average Bonchev–Trinajstić information content (AvgIpc) is 3.45. The van der Waals surface area contributed by atoms with E-state index >= 15 is 0 Å². The van der Waals surface area contributed by atoms with Gasteiger partial charge >= 0.3 is 0 Å². The van der Waals surface area contributed by atoms with Crippen LogP contribution in [0.3, 0.4) is 0 Å². The van der Waals surface area contributed by atoms with E-state index < -0.39 is 0 Å². The summed E-state index contributed by atoms with van der Waals surface area (Å²) in [7, 11) is 3.46. The first-order chi connectivity index (χ1) is 17.0. The first kappa shape index (κ1) is 21.9. The van der Waals surface area contributed by atoms with Crippen molar-refractivity contribution >= 4 is 34.0 Å². The van der Waals surface area contributed by atoms with Crippen molar-refractivity contribution in [3.8, 4) is 5.75 Å². The molecular formula is C26H31N7O2. The summed E-state index contributed by atoms with van der Waals surface area (Å²) in [5.41, 5.74) is 3.49. The van der Waals surface area contributed by atoms with Gasteiger partial charge in [-0.15, -0.1) is 0 Å². The first-order valence-corrected chi connectivity index (χ1v) is 12.3. The van der Waals surface area contributed by atoms with E-state index in [9.17, 15) is 4.79 Å². The van der Waals surface area contributed by atoms with Crippen LogP contribution in [-0.4, -0.2) is 57.4 Å². The van der Waals surface area contributed by atoms with Crippen LogP contribution in [0.2, 0.25) is 0 Å². The Morgan fingerprint density at radius 3 is 2.60 bits per heavy atom. The van der Waals surface area contributed by atoms with Gasteiger partial charge in [-0.25, -0.2) is 4.98 Å². The Balaban J connectivity index is 1.27. The molecule has 35 heavy (non-hydrogen) atoms. The highest BCUT2D eigenvalue weighted by Crippen LogP contribution is 2.31. The molecule has 1 saturated heterocycles. The Labute approximate surface area is 204 Å². The summed E-state index contributed by atoms with van der Waals surface area (Å²) in [6, 6.07) is 9.00. The minimum atomic E-state index is -0.221. The van der Waals surface area contributed by atoms with Gasteiger partial charge in [-0.2, -0.15) is 5.10 Å². The summed E-state index contributed by atoms with van der Waals surface area (Å²) in [5, 5.41) is 12.1. The zero-order valence-electron chi connectivity index (χ0n) is 20.4. The molecule has 2 fully saturated rings. The van der Waals surface area contributed by atoms with Crippen LogP contribution in [0.15, 0.2) is 36.7 Å². The molecule has 1 saturated carbocycles. The molecule has 1 aromatic carbocycles. The molecule has 4 heterocycles. The summed E-state index contributed by atoms with van der Waals surface area (Å²) in [6.45, 7) is 3.94. The number of methoxy groups -OCH3 is 1. The fourth-order valence-corrected chi connectivity index (χ4v) is 5.10. The first-order valence-electron chi connectivity index (χ1n) is 12.3. The summed E-state index contributed by atoms with van der Waals surface area (Å²) in [4.78, 5) is 20.5. The van der Waals surface area contributed by atoms with Crippen LogP contribution >= 0.6 is 0 Å². The number of aromatic nitrogens is 4. The van der Waals surface area contributed by atoms with E-state index in [1.807, 2.05) is 50.6 Å². The number of nitrogens with zero attached hydrogens (tertiary/aromatic N) is 5. The molecule has 1 amide bonds. The average molecular weight is 474 g/mol. The third-order valence-corrected chi connectivity index (χ3v) is 7.01. The largest absolute Gasteiger partial charge is 0.494 e. The monoisotopic (exact) mass is 473 g/mol. The molecule has 1 aliphatic carbocycles. The van der Waals surface area contributed by atoms with Crippen molar-refractivity contribution in [1.82, 2.24) is 24.5 Å². The lowest BCUT2D eigenvalue weighted by atomic mass is 10.0. The molecule has 182 valence electrons. The lowest BCUT2D eigenvalue weighted by Crippen LogP contribution is -2.43. The minimum absolute atomic E-state index is 0.221. The highest BCUT2D eigenvalue weighted by molar-refractivity contribution is 6.10. The van der Waals surface area contributed by atoms with Gasteiger partial charge in [0.15, 0.2) is 5.65 Å². The maximum absolute atomic E-state index is 13.4. The van der Waals surface area contributed by atoms with E-state index in [4.69, 9.17) is 9.72 Å². The molecule has 0 radical (unpaired) electrons. The van der Waals surface area contributed by atoms with Crippen molar-refractivity contribution in [2.75, 3.05) is 30.4 Å². The van der Waals surface area contributed by atoms with E-state index in [1.54, 1.807) is 11.8 Å². The van der Waals surface area contributed by atoms with Crippen molar-refractivity contribution in [2.45, 2.75) is 44.7 Å². The van der Waals surface area contributed by atoms with Gasteiger partial charge in [0, 0.05) is 56.1 Å². The number of carbonyl (C=O) groups is 1. The van der Waals surface area contributed by atoms with Gasteiger partial charge < -0.3 is 20.3 Å². The van der Waals surface area contributed by atoms with Crippen LogP contribution in [0.5, 0.6) is 5.75 Å². The van der Waals surface area contributed by atoms with Crippen LogP contribution in [-0.2, 0) is 7.05 Å². The van der Waals surface area contributed by atoms with Crippen molar-refractivity contribution in [2.24, 2.45) is 7.05 Å². The summed E-state index contributed by atoms with van der Waals surface area (Å²) < 4.78 is 9.33. The van der Waals surface area contributed by atoms with E-state index in [2.05, 4.69) is 25.0 Å². The number of nitrogens with one attached hydrogen (secondary N) is 2. The smallest absolute Gasteiger partial charge is 0.259 e. The van der Waals surface area contributed by atoms with Gasteiger partial charge in [0.25, 0.3) is 5.91 Å². The fourth-order valence-electron chi connectivity index (χ4n) is 5.10. The Morgan fingerprint density at radius 1 is 1.09 bits per heavy atom. The molecule has 0 unspecified atom stereocenters. The maximum Gasteiger partial charge on any atom is 0.259 e. The lowest BCUT2D eigenvalue weighted by molar-refractivity contribution is 0.102. The number of amides is 1. The van der Waals surface area contributed by atoms with Gasteiger partial charge in [0.05, 0.1) is 29.6 Å². The molecule has 1 aliphatic heterocycles. The number of aryl methyl sites for hydroxylation is 2. The van der Waals surface area contributed by atoms with Crippen LogP contribution < -0.4 is 20.3 Å². The van der Waals surface area contributed by atoms with E-state index in [0.29, 0.717) is 28.7 Å². The van der Waals surface area contributed by atoms with Gasteiger partial charge in [0.1, 0.15) is 11.6 Å². The number of benzene rings is 1. The Kier molecular flexibility index (Phi) is 5.36. The molecule has 9 nitrogen and oxygen atoms in total. The second kappa shape index (κ2) is 8.57. The summed E-state index contributed by atoms with van der Waals surface area (Å²) in [5.74, 6) is 1.43. The van der Waals surface area contributed by atoms with Crippen molar-refractivity contribution in [3.05, 3.63) is 47.9 Å². The number of hydrogen-bond acceptors (Lipinski definition) is 6. The Bertz CT molecular complexity index is 1410. The zero-order chi connectivity index (χ0) is 24.1. The summed E-state index contributed by atoms with van der Waals surface area (Å²) >= 11 is 0. The summed E-state index contributed by atoms with van der Waals surface area (Å²) in [6.07, 6.45) is 8.83. The predicted octanol–water partition coefficient (Wildman–Crippen LogP) is 3.51. The van der Waals surface area contributed by atoms with Crippen molar-refractivity contribution in [1.29, 1.82) is 0 Å². The molecule has 2 N–H and O–H groups in total. The Hall–Kier alpha value is -3.59. The zero-order valence-corrected chi connectivity index (χ0v) is 20.4. The van der Waals surface area contributed by atoms with Gasteiger partial charge in [-0.05, 0) is 50.8 Å².